The largest absolute Gasteiger partial charge is 0.376 e. The van der Waals surface area contributed by atoms with Crippen LogP contribution in [0.3, 0.4) is 0 Å². The van der Waals surface area contributed by atoms with Gasteiger partial charge in [0.1, 0.15) is 0 Å². The molecule has 1 aromatic rings. The maximum Gasteiger partial charge on any atom is 0.317 e. The van der Waals surface area contributed by atoms with Crippen LogP contribution in [0.25, 0.3) is 0 Å². The lowest BCUT2D eigenvalue weighted by atomic mass is 10.1. The van der Waals surface area contributed by atoms with Gasteiger partial charge in [-0.1, -0.05) is 0 Å². The van der Waals surface area contributed by atoms with Gasteiger partial charge in [-0.15, -0.1) is 0 Å². The Morgan fingerprint density at radius 1 is 1.48 bits per heavy atom. The second-order valence-corrected chi connectivity index (χ2v) is 6.92. The first-order valence-electron chi connectivity index (χ1n) is 8.81. The quantitative estimate of drug-likeness (QED) is 0.838. The summed E-state index contributed by atoms with van der Waals surface area (Å²) in [5, 5.41) is 3.14. The predicted molar refractivity (Wildman–Crippen MR) is 88.1 cm³/mol. The van der Waals surface area contributed by atoms with Gasteiger partial charge in [0.05, 0.1) is 12.4 Å². The zero-order chi connectivity index (χ0) is 16.1. The van der Waals surface area contributed by atoms with Gasteiger partial charge in [-0.05, 0) is 39.0 Å². The van der Waals surface area contributed by atoms with Crippen molar-refractivity contribution >= 4 is 6.03 Å². The molecule has 2 aliphatic rings. The van der Waals surface area contributed by atoms with Gasteiger partial charge in [0.25, 0.3) is 0 Å². The average Bonchev–Trinajstić information content (AvgIpc) is 3.15. The summed E-state index contributed by atoms with van der Waals surface area (Å²) in [6.45, 7) is 5.97. The van der Waals surface area contributed by atoms with E-state index < -0.39 is 0 Å². The summed E-state index contributed by atoms with van der Waals surface area (Å²) in [6, 6.07) is 0.0404. The Hall–Kier alpha value is -1.56. The number of rotatable bonds is 7. The fourth-order valence-corrected chi connectivity index (χ4v) is 3.26. The molecular formula is C17H28N4O2. The van der Waals surface area contributed by atoms with Crippen molar-refractivity contribution in [3.63, 3.8) is 0 Å². The molecule has 0 spiro atoms. The number of aromatic nitrogens is 2. The highest BCUT2D eigenvalue weighted by Gasteiger charge is 2.43. The molecular weight excluding hydrogens is 292 g/mol. The van der Waals surface area contributed by atoms with Crippen LogP contribution in [0.15, 0.2) is 18.7 Å². The van der Waals surface area contributed by atoms with Crippen LogP contribution in [0, 0.1) is 5.41 Å². The summed E-state index contributed by atoms with van der Waals surface area (Å²) < 4.78 is 7.86. The lowest BCUT2D eigenvalue weighted by Crippen LogP contribution is -2.46. The normalized spacial score (nSPS) is 22.6. The number of imidazole rings is 1. The van der Waals surface area contributed by atoms with Gasteiger partial charge in [-0.3, -0.25) is 0 Å². The minimum Gasteiger partial charge on any atom is -0.376 e. The highest BCUT2D eigenvalue weighted by molar-refractivity contribution is 5.74. The van der Waals surface area contributed by atoms with Crippen LogP contribution in [0.4, 0.5) is 4.79 Å². The van der Waals surface area contributed by atoms with E-state index in [4.69, 9.17) is 4.74 Å². The molecule has 6 nitrogen and oxygen atoms in total. The van der Waals surface area contributed by atoms with E-state index in [0.717, 1.165) is 39.1 Å². The van der Waals surface area contributed by atoms with Crippen molar-refractivity contribution in [2.24, 2.45) is 5.41 Å². The maximum atomic E-state index is 12.5. The van der Waals surface area contributed by atoms with Gasteiger partial charge >= 0.3 is 6.03 Å². The third-order valence-electron chi connectivity index (χ3n) is 5.02. The summed E-state index contributed by atoms with van der Waals surface area (Å²) in [5.74, 6) is 0. The van der Waals surface area contributed by atoms with Gasteiger partial charge < -0.3 is 19.5 Å². The van der Waals surface area contributed by atoms with E-state index in [1.807, 2.05) is 24.3 Å². The molecule has 2 amide bonds. The maximum absolute atomic E-state index is 12.5. The van der Waals surface area contributed by atoms with Crippen molar-refractivity contribution in [2.45, 2.75) is 51.7 Å². The van der Waals surface area contributed by atoms with E-state index in [1.165, 1.54) is 19.3 Å². The number of hydrogen-bond acceptors (Lipinski definition) is 3. The number of hydrogen-bond donors (Lipinski definition) is 1. The number of carbonyl (C=O) groups excluding carboxylic acids is 1. The zero-order valence-electron chi connectivity index (χ0n) is 14.0. The van der Waals surface area contributed by atoms with Crippen LogP contribution >= 0.6 is 0 Å². The summed E-state index contributed by atoms with van der Waals surface area (Å²) in [4.78, 5) is 18.4. The minimum absolute atomic E-state index is 0.0404. The van der Waals surface area contributed by atoms with Crippen LogP contribution in [-0.4, -0.2) is 52.8 Å². The van der Waals surface area contributed by atoms with Crippen molar-refractivity contribution in [3.05, 3.63) is 18.7 Å². The monoisotopic (exact) mass is 320 g/mol. The number of ether oxygens (including phenoxy) is 1. The molecule has 0 bridgehead atoms. The van der Waals surface area contributed by atoms with E-state index in [-0.39, 0.29) is 17.6 Å². The minimum atomic E-state index is 0.0404. The zero-order valence-corrected chi connectivity index (χ0v) is 14.0. The predicted octanol–water partition coefficient (Wildman–Crippen LogP) is 2.26. The van der Waals surface area contributed by atoms with Crippen molar-refractivity contribution in [3.8, 4) is 0 Å². The lowest BCUT2D eigenvalue weighted by Gasteiger charge is -2.30. The third kappa shape index (κ3) is 4.47. The Morgan fingerprint density at radius 3 is 2.96 bits per heavy atom. The van der Waals surface area contributed by atoms with Gasteiger partial charge in [0.2, 0.25) is 0 Å². The van der Waals surface area contributed by atoms with Crippen LogP contribution in [0.2, 0.25) is 0 Å². The first kappa shape index (κ1) is 16.3. The average molecular weight is 320 g/mol. The van der Waals surface area contributed by atoms with Crippen LogP contribution in [0.1, 0.15) is 39.0 Å². The van der Waals surface area contributed by atoms with Gasteiger partial charge in [0.15, 0.2) is 0 Å². The Morgan fingerprint density at radius 2 is 2.35 bits per heavy atom. The smallest absolute Gasteiger partial charge is 0.317 e. The molecule has 128 valence electrons. The van der Waals surface area contributed by atoms with Crippen molar-refractivity contribution in [1.29, 1.82) is 0 Å². The molecule has 1 N–H and O–H groups in total. The summed E-state index contributed by atoms with van der Waals surface area (Å²) >= 11 is 0. The molecule has 23 heavy (non-hydrogen) atoms. The van der Waals surface area contributed by atoms with Crippen molar-refractivity contribution in [1.82, 2.24) is 19.8 Å². The molecule has 3 rings (SSSR count). The number of nitrogens with zero attached hydrogens (tertiary/aromatic N) is 3. The number of carbonyl (C=O) groups is 1. The SMILES string of the molecule is CCN(CC1CCCCO1)C(=O)NCC1(Cn2ccnc2)CC1. The summed E-state index contributed by atoms with van der Waals surface area (Å²) in [6.07, 6.45) is 11.6. The fraction of sp³-hybridized carbons (Fsp3) is 0.765. The van der Waals surface area contributed by atoms with E-state index in [1.54, 1.807) is 6.20 Å². The fourth-order valence-electron chi connectivity index (χ4n) is 3.26. The second-order valence-electron chi connectivity index (χ2n) is 6.92. The van der Waals surface area contributed by atoms with Crippen molar-refractivity contribution in [2.75, 3.05) is 26.2 Å². The number of nitrogens with one attached hydrogen (secondary N) is 1. The number of amides is 2. The van der Waals surface area contributed by atoms with E-state index >= 15 is 0 Å². The standard InChI is InChI=1S/C17H28N4O2/c1-2-21(11-15-5-3-4-10-23-15)16(22)19-12-17(6-7-17)13-20-9-8-18-14-20/h8-9,14-15H,2-7,10-13H2,1H3,(H,19,22). The molecule has 0 aromatic carbocycles. The third-order valence-corrected chi connectivity index (χ3v) is 5.02. The van der Waals surface area contributed by atoms with E-state index in [9.17, 15) is 4.79 Å². The summed E-state index contributed by atoms with van der Waals surface area (Å²) in [5.41, 5.74) is 0.219. The van der Waals surface area contributed by atoms with E-state index in [2.05, 4.69) is 14.9 Å². The number of urea groups is 1. The Labute approximate surface area is 138 Å². The molecule has 6 heteroatoms. The van der Waals surface area contributed by atoms with Gasteiger partial charge in [-0.25, -0.2) is 9.78 Å². The molecule has 1 aromatic heterocycles. The van der Waals surface area contributed by atoms with Crippen LogP contribution in [-0.2, 0) is 11.3 Å². The van der Waals surface area contributed by atoms with Crippen LogP contribution in [0.5, 0.6) is 0 Å². The molecule has 2 fully saturated rings. The van der Waals surface area contributed by atoms with E-state index in [0.29, 0.717) is 6.54 Å². The highest BCUT2D eigenvalue weighted by Crippen LogP contribution is 2.46. The lowest BCUT2D eigenvalue weighted by molar-refractivity contribution is 0.00127. The highest BCUT2D eigenvalue weighted by atomic mass is 16.5. The topological polar surface area (TPSA) is 59.4 Å². The molecule has 1 aliphatic carbocycles. The van der Waals surface area contributed by atoms with Gasteiger partial charge in [-0.2, -0.15) is 0 Å². The Bertz CT molecular complexity index is 493. The second kappa shape index (κ2) is 7.34. The molecule has 0 radical (unpaired) electrons. The van der Waals surface area contributed by atoms with Gasteiger partial charge in [0, 0.05) is 50.6 Å². The Balaban J connectivity index is 1.45. The van der Waals surface area contributed by atoms with Crippen LogP contribution < -0.4 is 5.32 Å². The van der Waals surface area contributed by atoms with Crippen molar-refractivity contribution < 1.29 is 9.53 Å². The first-order chi connectivity index (χ1) is 11.2. The Kier molecular flexibility index (Phi) is 5.20. The molecule has 1 aliphatic heterocycles. The number of likely N-dealkylation sites (N-methyl/N-ethyl adjacent to an activating group) is 1. The summed E-state index contributed by atoms with van der Waals surface area (Å²) in [7, 11) is 0. The molecule has 1 atom stereocenters. The molecule has 2 heterocycles. The molecule has 1 saturated carbocycles. The molecule has 1 unspecified atom stereocenters. The first-order valence-corrected chi connectivity index (χ1v) is 8.81. The molecule has 1 saturated heterocycles.